The summed E-state index contributed by atoms with van der Waals surface area (Å²) in [4.78, 5) is 11.5. The normalized spacial score (nSPS) is 12.6. The number of carbonyl (C=O) groups excluding carboxylic acids is 1. The third kappa shape index (κ3) is 5.85. The lowest BCUT2D eigenvalue weighted by atomic mass is 10.1. The van der Waals surface area contributed by atoms with E-state index in [4.69, 9.17) is 14.6 Å². The Morgan fingerprint density at radius 1 is 1.55 bits per heavy atom. The molecule has 1 N–H and O–H groups in total. The Kier molecular flexibility index (Phi) is 7.04. The lowest BCUT2D eigenvalue weighted by Gasteiger charge is -2.13. The summed E-state index contributed by atoms with van der Waals surface area (Å²) >= 11 is 2.90. The first kappa shape index (κ1) is 18.2. The number of ether oxygens (including phenoxy) is 2. The van der Waals surface area contributed by atoms with Crippen molar-refractivity contribution in [2.24, 2.45) is 0 Å². The smallest absolute Gasteiger partial charge is 0.310 e. The number of carbonyl (C=O) groups is 1. The SMILES string of the molecule is C=C(O)/C(Br)=C\C(F)Oc1ccc(F)cc1CC(=O)OCC. The number of esters is 1. The number of rotatable bonds is 7. The summed E-state index contributed by atoms with van der Waals surface area (Å²) in [6.07, 6.45) is -1.24. The summed E-state index contributed by atoms with van der Waals surface area (Å²) in [6.45, 7) is 5.04. The van der Waals surface area contributed by atoms with E-state index in [2.05, 4.69) is 22.5 Å². The van der Waals surface area contributed by atoms with E-state index in [-0.39, 0.29) is 34.6 Å². The maximum atomic E-state index is 13.8. The van der Waals surface area contributed by atoms with E-state index in [1.165, 1.54) is 6.07 Å². The number of alkyl halides is 1. The molecule has 0 fully saturated rings. The van der Waals surface area contributed by atoms with Crippen molar-refractivity contribution < 1.29 is 28.2 Å². The third-order valence-corrected chi connectivity index (χ3v) is 3.18. The van der Waals surface area contributed by atoms with Crippen LogP contribution in [0.3, 0.4) is 0 Å². The minimum Gasteiger partial charge on any atom is -0.507 e. The van der Waals surface area contributed by atoms with E-state index in [1.807, 2.05) is 0 Å². The second-order valence-electron chi connectivity index (χ2n) is 4.16. The van der Waals surface area contributed by atoms with Crippen molar-refractivity contribution in [3.63, 3.8) is 0 Å². The van der Waals surface area contributed by atoms with Crippen LogP contribution in [-0.2, 0) is 16.0 Å². The van der Waals surface area contributed by atoms with Gasteiger partial charge in [0.15, 0.2) is 0 Å². The Labute approximate surface area is 135 Å². The van der Waals surface area contributed by atoms with Gasteiger partial charge in [-0.25, -0.2) is 4.39 Å². The van der Waals surface area contributed by atoms with Crippen molar-refractivity contribution in [3.8, 4) is 5.75 Å². The van der Waals surface area contributed by atoms with E-state index in [9.17, 15) is 13.6 Å². The van der Waals surface area contributed by atoms with Crippen LogP contribution >= 0.6 is 15.9 Å². The van der Waals surface area contributed by atoms with E-state index < -0.39 is 18.1 Å². The van der Waals surface area contributed by atoms with Gasteiger partial charge in [-0.2, -0.15) is 4.39 Å². The number of halogens is 3. The molecule has 0 spiro atoms. The molecular weight excluding hydrogens is 362 g/mol. The van der Waals surface area contributed by atoms with Gasteiger partial charge in [0, 0.05) is 11.6 Å². The van der Waals surface area contributed by atoms with Gasteiger partial charge < -0.3 is 14.6 Å². The molecule has 7 heteroatoms. The second kappa shape index (κ2) is 8.53. The van der Waals surface area contributed by atoms with Crippen LogP contribution in [0.2, 0.25) is 0 Å². The zero-order chi connectivity index (χ0) is 16.7. The largest absolute Gasteiger partial charge is 0.507 e. The topological polar surface area (TPSA) is 55.8 Å². The highest BCUT2D eigenvalue weighted by atomic mass is 79.9. The van der Waals surface area contributed by atoms with Gasteiger partial charge in [-0.3, -0.25) is 4.79 Å². The quantitative estimate of drug-likeness (QED) is 0.444. The fourth-order valence-electron chi connectivity index (χ4n) is 1.54. The van der Waals surface area contributed by atoms with Crippen LogP contribution in [0.1, 0.15) is 12.5 Å². The van der Waals surface area contributed by atoms with Crippen molar-refractivity contribution in [3.05, 3.63) is 52.5 Å². The number of hydrogen-bond donors (Lipinski definition) is 1. The predicted molar refractivity (Wildman–Crippen MR) is 81.0 cm³/mol. The molecular formula is C15H15BrF2O4. The van der Waals surface area contributed by atoms with Crippen molar-refractivity contribution in [1.82, 2.24) is 0 Å². The molecule has 0 aromatic heterocycles. The first-order chi connectivity index (χ1) is 10.3. The van der Waals surface area contributed by atoms with Crippen molar-refractivity contribution in [2.45, 2.75) is 19.7 Å². The van der Waals surface area contributed by atoms with Crippen LogP contribution < -0.4 is 4.74 Å². The van der Waals surface area contributed by atoms with Crippen LogP contribution in [0.5, 0.6) is 5.75 Å². The highest BCUT2D eigenvalue weighted by molar-refractivity contribution is 9.11. The van der Waals surface area contributed by atoms with Gasteiger partial charge in [0.05, 0.1) is 17.5 Å². The van der Waals surface area contributed by atoms with Gasteiger partial charge >= 0.3 is 5.97 Å². The molecule has 1 rings (SSSR count). The highest BCUT2D eigenvalue weighted by Gasteiger charge is 2.15. The van der Waals surface area contributed by atoms with Crippen molar-refractivity contribution in [1.29, 1.82) is 0 Å². The molecule has 1 aromatic rings. The Bertz CT molecular complexity index is 587. The van der Waals surface area contributed by atoms with Gasteiger partial charge in [0.25, 0.3) is 6.36 Å². The Morgan fingerprint density at radius 3 is 2.82 bits per heavy atom. The standard InChI is InChI=1S/C15H15BrF2O4/c1-3-21-15(20)7-10-6-11(17)4-5-13(10)22-14(18)8-12(16)9(2)19/h4-6,8,14,19H,2-3,7H2,1H3/b12-8+. The first-order valence-electron chi connectivity index (χ1n) is 6.33. The summed E-state index contributed by atoms with van der Waals surface area (Å²) in [5, 5.41) is 9.06. The summed E-state index contributed by atoms with van der Waals surface area (Å²) in [5.74, 6) is -1.52. The minimum atomic E-state index is -1.93. The molecule has 0 bridgehead atoms. The average Bonchev–Trinajstić information content (AvgIpc) is 2.41. The lowest BCUT2D eigenvalue weighted by molar-refractivity contribution is -0.142. The molecule has 0 radical (unpaired) electrons. The van der Waals surface area contributed by atoms with E-state index in [1.54, 1.807) is 6.92 Å². The van der Waals surface area contributed by atoms with Gasteiger partial charge in [-0.15, -0.1) is 0 Å². The molecule has 120 valence electrons. The summed E-state index contributed by atoms with van der Waals surface area (Å²) < 4.78 is 36.8. The van der Waals surface area contributed by atoms with Gasteiger partial charge in [-0.1, -0.05) is 6.58 Å². The van der Waals surface area contributed by atoms with Crippen LogP contribution in [-0.4, -0.2) is 24.0 Å². The molecule has 1 aromatic carbocycles. The Hall–Kier alpha value is -1.89. The Morgan fingerprint density at radius 2 is 2.23 bits per heavy atom. The van der Waals surface area contributed by atoms with E-state index >= 15 is 0 Å². The maximum absolute atomic E-state index is 13.8. The van der Waals surface area contributed by atoms with Gasteiger partial charge in [0.1, 0.15) is 17.3 Å². The van der Waals surface area contributed by atoms with Gasteiger partial charge in [0.2, 0.25) is 0 Å². The molecule has 0 saturated carbocycles. The molecule has 1 unspecified atom stereocenters. The molecule has 0 aliphatic heterocycles. The molecule has 0 amide bonds. The zero-order valence-corrected chi connectivity index (χ0v) is 13.4. The molecule has 22 heavy (non-hydrogen) atoms. The fraction of sp³-hybridized carbons (Fsp3) is 0.267. The minimum absolute atomic E-state index is 0.00190. The van der Waals surface area contributed by atoms with E-state index in [0.29, 0.717) is 0 Å². The summed E-state index contributed by atoms with van der Waals surface area (Å²) in [7, 11) is 0. The Balaban J connectivity index is 2.92. The van der Waals surface area contributed by atoms with Crippen LogP contribution in [0.15, 0.2) is 41.1 Å². The number of aliphatic hydroxyl groups is 1. The number of allylic oxidation sites excluding steroid dienone is 1. The van der Waals surface area contributed by atoms with Crippen LogP contribution in [0, 0.1) is 5.82 Å². The van der Waals surface area contributed by atoms with Crippen molar-refractivity contribution in [2.75, 3.05) is 6.61 Å². The number of aliphatic hydroxyl groups excluding tert-OH is 1. The second-order valence-corrected chi connectivity index (χ2v) is 5.02. The molecule has 1 atom stereocenters. The molecule has 0 aliphatic carbocycles. The van der Waals surface area contributed by atoms with Crippen LogP contribution in [0.4, 0.5) is 8.78 Å². The third-order valence-electron chi connectivity index (χ3n) is 2.46. The lowest BCUT2D eigenvalue weighted by Crippen LogP contribution is -2.12. The number of benzene rings is 1. The maximum Gasteiger partial charge on any atom is 0.310 e. The molecule has 4 nitrogen and oxygen atoms in total. The molecule has 0 saturated heterocycles. The van der Waals surface area contributed by atoms with Crippen molar-refractivity contribution >= 4 is 21.9 Å². The fourth-order valence-corrected chi connectivity index (χ4v) is 1.74. The van der Waals surface area contributed by atoms with E-state index in [0.717, 1.165) is 18.2 Å². The average molecular weight is 377 g/mol. The van der Waals surface area contributed by atoms with Crippen LogP contribution in [0.25, 0.3) is 0 Å². The monoisotopic (exact) mass is 376 g/mol. The first-order valence-corrected chi connectivity index (χ1v) is 7.13. The summed E-state index contributed by atoms with van der Waals surface area (Å²) in [5.41, 5.74) is 0.161. The molecule has 0 aliphatic rings. The highest BCUT2D eigenvalue weighted by Crippen LogP contribution is 2.24. The summed E-state index contributed by atoms with van der Waals surface area (Å²) in [6, 6.07) is 3.37. The zero-order valence-electron chi connectivity index (χ0n) is 11.8. The number of hydrogen-bond acceptors (Lipinski definition) is 4. The van der Waals surface area contributed by atoms with Gasteiger partial charge in [-0.05, 0) is 41.1 Å². The predicted octanol–water partition coefficient (Wildman–Crippen LogP) is 3.96. The molecule has 0 heterocycles.